The molecule has 0 aliphatic heterocycles. The van der Waals surface area contributed by atoms with Crippen molar-refractivity contribution >= 4 is 17.6 Å². The lowest BCUT2D eigenvalue weighted by Gasteiger charge is -2.05. The van der Waals surface area contributed by atoms with Crippen LogP contribution in [0, 0.1) is 5.82 Å². The molecule has 0 spiro atoms. The van der Waals surface area contributed by atoms with Gasteiger partial charge in [-0.25, -0.2) is 4.39 Å². The Hall–Kier alpha value is -1.29. The number of hydrogen-bond acceptors (Lipinski definition) is 1. The first-order valence-corrected chi connectivity index (χ1v) is 6.04. The maximum atomic E-state index is 13.4. The van der Waals surface area contributed by atoms with Crippen LogP contribution in [0.4, 0.5) is 4.39 Å². The van der Waals surface area contributed by atoms with Crippen LogP contribution in [0.2, 0.25) is 5.02 Å². The number of nitrogens with two attached hydrogens (primary N) is 1. The molecule has 1 fully saturated rings. The summed E-state index contributed by atoms with van der Waals surface area (Å²) >= 11 is 5.90. The van der Waals surface area contributed by atoms with Crippen LogP contribution in [0.25, 0.3) is 0 Å². The van der Waals surface area contributed by atoms with Crippen molar-refractivity contribution in [3.05, 3.63) is 34.6 Å². The van der Waals surface area contributed by atoms with Gasteiger partial charge in [0.25, 0.3) is 0 Å². The predicted molar refractivity (Wildman–Crippen MR) is 67.8 cm³/mol. The fourth-order valence-corrected chi connectivity index (χ4v) is 1.80. The van der Waals surface area contributed by atoms with E-state index >= 15 is 0 Å². The molecule has 0 amide bonds. The van der Waals surface area contributed by atoms with Gasteiger partial charge in [-0.05, 0) is 31.4 Å². The Morgan fingerprint density at radius 1 is 1.53 bits per heavy atom. The summed E-state index contributed by atoms with van der Waals surface area (Å²) in [5, 5.41) is 3.51. The zero-order chi connectivity index (χ0) is 12.3. The molecule has 1 aliphatic rings. The van der Waals surface area contributed by atoms with E-state index in [9.17, 15) is 4.39 Å². The van der Waals surface area contributed by atoms with Gasteiger partial charge in [-0.3, -0.25) is 4.99 Å². The Balaban J connectivity index is 1.88. The van der Waals surface area contributed by atoms with Crippen LogP contribution in [-0.4, -0.2) is 18.5 Å². The average molecular weight is 256 g/mol. The van der Waals surface area contributed by atoms with Crippen LogP contribution in [0.3, 0.4) is 0 Å². The molecule has 1 saturated carbocycles. The highest BCUT2D eigenvalue weighted by molar-refractivity contribution is 6.31. The van der Waals surface area contributed by atoms with Crippen molar-refractivity contribution in [2.24, 2.45) is 10.7 Å². The Morgan fingerprint density at radius 3 is 2.94 bits per heavy atom. The molecule has 0 bridgehead atoms. The largest absolute Gasteiger partial charge is 0.370 e. The van der Waals surface area contributed by atoms with Crippen LogP contribution in [0.5, 0.6) is 0 Å². The topological polar surface area (TPSA) is 50.4 Å². The second-order valence-electron chi connectivity index (χ2n) is 4.14. The second-order valence-corrected chi connectivity index (χ2v) is 4.54. The molecule has 0 saturated heterocycles. The van der Waals surface area contributed by atoms with Crippen LogP contribution < -0.4 is 11.1 Å². The molecular weight excluding hydrogens is 241 g/mol. The number of benzene rings is 1. The number of nitrogens with one attached hydrogen (secondary N) is 1. The maximum absolute atomic E-state index is 13.4. The molecule has 1 aromatic rings. The van der Waals surface area contributed by atoms with E-state index < -0.39 is 0 Å². The van der Waals surface area contributed by atoms with Crippen molar-refractivity contribution in [1.82, 2.24) is 5.32 Å². The summed E-state index contributed by atoms with van der Waals surface area (Å²) < 4.78 is 13.4. The number of hydrogen-bond donors (Lipinski definition) is 2. The molecule has 1 aromatic carbocycles. The summed E-state index contributed by atoms with van der Waals surface area (Å²) in [5.74, 6) is 0.140. The zero-order valence-corrected chi connectivity index (χ0v) is 10.2. The monoisotopic (exact) mass is 255 g/mol. The molecule has 0 unspecified atom stereocenters. The minimum Gasteiger partial charge on any atom is -0.370 e. The molecule has 1 aliphatic carbocycles. The van der Waals surface area contributed by atoms with Crippen LogP contribution >= 0.6 is 11.6 Å². The molecule has 5 heteroatoms. The third-order valence-corrected chi connectivity index (χ3v) is 2.99. The predicted octanol–water partition coefficient (Wildman–Crippen LogP) is 2.09. The number of halogens is 2. The van der Waals surface area contributed by atoms with Crippen molar-refractivity contribution < 1.29 is 4.39 Å². The first kappa shape index (κ1) is 12.2. The third-order valence-electron chi connectivity index (χ3n) is 2.63. The van der Waals surface area contributed by atoms with Crippen molar-refractivity contribution in [2.45, 2.75) is 25.3 Å². The van der Waals surface area contributed by atoms with E-state index in [0.29, 0.717) is 35.6 Å². The van der Waals surface area contributed by atoms with Gasteiger partial charge in [0.05, 0.1) is 0 Å². The summed E-state index contributed by atoms with van der Waals surface area (Å²) in [7, 11) is 0. The van der Waals surface area contributed by atoms with Gasteiger partial charge in [-0.2, -0.15) is 0 Å². The summed E-state index contributed by atoms with van der Waals surface area (Å²) in [4.78, 5) is 4.14. The number of nitrogens with zero attached hydrogens (tertiary/aromatic N) is 1. The van der Waals surface area contributed by atoms with Crippen LogP contribution in [-0.2, 0) is 6.42 Å². The van der Waals surface area contributed by atoms with E-state index in [0.717, 1.165) is 12.8 Å². The van der Waals surface area contributed by atoms with Crippen LogP contribution in [0.1, 0.15) is 18.4 Å². The molecular formula is C12H15ClFN3. The highest BCUT2D eigenvalue weighted by atomic mass is 35.5. The maximum Gasteiger partial charge on any atom is 0.188 e. The first-order chi connectivity index (χ1) is 8.16. The zero-order valence-electron chi connectivity index (χ0n) is 9.42. The van der Waals surface area contributed by atoms with Crippen molar-refractivity contribution in [3.63, 3.8) is 0 Å². The Bertz CT molecular complexity index is 410. The van der Waals surface area contributed by atoms with Gasteiger partial charge < -0.3 is 11.1 Å². The molecule has 3 nitrogen and oxygen atoms in total. The van der Waals surface area contributed by atoms with Gasteiger partial charge >= 0.3 is 0 Å². The van der Waals surface area contributed by atoms with Gasteiger partial charge in [-0.15, -0.1) is 0 Å². The molecule has 0 heterocycles. The summed E-state index contributed by atoms with van der Waals surface area (Å²) in [6.45, 7) is 0.437. The summed E-state index contributed by atoms with van der Waals surface area (Å²) in [6.07, 6.45) is 2.75. The van der Waals surface area contributed by atoms with E-state index in [1.807, 2.05) is 0 Å². The minimum absolute atomic E-state index is 0.290. The van der Waals surface area contributed by atoms with E-state index in [1.54, 1.807) is 12.1 Å². The Labute approximate surface area is 105 Å². The van der Waals surface area contributed by atoms with Crippen molar-refractivity contribution in [3.8, 4) is 0 Å². The SMILES string of the molecule is NC(=NCCc1c(F)cccc1Cl)NC1CC1. The highest BCUT2D eigenvalue weighted by Crippen LogP contribution is 2.19. The number of aliphatic imine (C=N–C) groups is 1. The fraction of sp³-hybridized carbons (Fsp3) is 0.417. The first-order valence-electron chi connectivity index (χ1n) is 5.66. The highest BCUT2D eigenvalue weighted by Gasteiger charge is 2.21. The number of rotatable bonds is 4. The van der Waals surface area contributed by atoms with E-state index in [2.05, 4.69) is 10.3 Å². The standard InChI is InChI=1S/C12H15ClFN3/c13-10-2-1-3-11(14)9(10)6-7-16-12(15)17-8-4-5-8/h1-3,8H,4-7H2,(H3,15,16,17). The van der Waals surface area contributed by atoms with Gasteiger partial charge in [0, 0.05) is 23.2 Å². The normalized spacial score (nSPS) is 16.0. The molecule has 0 atom stereocenters. The summed E-state index contributed by atoms with van der Waals surface area (Å²) in [5.41, 5.74) is 6.16. The molecule has 0 aromatic heterocycles. The second kappa shape index (κ2) is 5.36. The van der Waals surface area contributed by atoms with Crippen molar-refractivity contribution in [2.75, 3.05) is 6.54 Å². The smallest absolute Gasteiger partial charge is 0.188 e. The lowest BCUT2D eigenvalue weighted by Crippen LogP contribution is -2.33. The molecule has 92 valence electrons. The van der Waals surface area contributed by atoms with Gasteiger partial charge in [0.2, 0.25) is 0 Å². The average Bonchev–Trinajstić information content (AvgIpc) is 3.06. The lowest BCUT2D eigenvalue weighted by molar-refractivity contribution is 0.609. The quantitative estimate of drug-likeness (QED) is 0.639. The number of guanidine groups is 1. The van der Waals surface area contributed by atoms with E-state index in [1.165, 1.54) is 6.07 Å². The Morgan fingerprint density at radius 2 is 2.29 bits per heavy atom. The molecule has 3 N–H and O–H groups in total. The van der Waals surface area contributed by atoms with Gasteiger partial charge in [-0.1, -0.05) is 17.7 Å². The molecule has 0 radical (unpaired) electrons. The van der Waals surface area contributed by atoms with Gasteiger partial charge in [0.1, 0.15) is 5.82 Å². The van der Waals surface area contributed by atoms with Crippen molar-refractivity contribution in [1.29, 1.82) is 0 Å². The third kappa shape index (κ3) is 3.60. The fourth-order valence-electron chi connectivity index (χ4n) is 1.54. The minimum atomic E-state index is -0.290. The molecule has 2 rings (SSSR count). The van der Waals surface area contributed by atoms with E-state index in [-0.39, 0.29) is 5.82 Å². The summed E-state index contributed by atoms with van der Waals surface area (Å²) in [6, 6.07) is 5.15. The lowest BCUT2D eigenvalue weighted by atomic mass is 10.1. The van der Waals surface area contributed by atoms with Gasteiger partial charge in [0.15, 0.2) is 5.96 Å². The van der Waals surface area contributed by atoms with Crippen LogP contribution in [0.15, 0.2) is 23.2 Å². The van der Waals surface area contributed by atoms with E-state index in [4.69, 9.17) is 17.3 Å². The molecule has 17 heavy (non-hydrogen) atoms. The Kier molecular flexibility index (Phi) is 3.84.